The monoisotopic (exact) mass is 244 g/mol. The van der Waals surface area contributed by atoms with E-state index < -0.39 is 17.9 Å². The molecule has 0 aliphatic carbocycles. The molecule has 0 saturated heterocycles. The van der Waals surface area contributed by atoms with E-state index in [1.165, 1.54) is 0 Å². The van der Waals surface area contributed by atoms with Crippen molar-refractivity contribution in [3.05, 3.63) is 12.7 Å². The van der Waals surface area contributed by atoms with Gasteiger partial charge in [0.2, 0.25) is 0 Å². The molecule has 0 bridgehead atoms. The Morgan fingerprint density at radius 3 is 2.06 bits per heavy atom. The highest BCUT2D eigenvalue weighted by molar-refractivity contribution is 5.81. The number of carbonyl (C=O) groups excluding carboxylic acids is 3. The Balaban J connectivity index is 3.50. The first-order valence-corrected chi connectivity index (χ1v) is 5.20. The van der Waals surface area contributed by atoms with E-state index in [1.54, 1.807) is 6.92 Å². The lowest BCUT2D eigenvalue weighted by Crippen LogP contribution is -2.14. The molecule has 6 nitrogen and oxygen atoms in total. The lowest BCUT2D eigenvalue weighted by molar-refractivity contribution is -0.152. The fourth-order valence-corrected chi connectivity index (χ4v) is 0.866. The molecule has 0 aromatic heterocycles. The summed E-state index contributed by atoms with van der Waals surface area (Å²) in [6.07, 6.45) is 0.954. The van der Waals surface area contributed by atoms with Gasteiger partial charge in [-0.05, 0) is 6.92 Å². The Bertz CT molecular complexity index is 284. The van der Waals surface area contributed by atoms with E-state index in [0.29, 0.717) is 0 Å². The third-order valence-corrected chi connectivity index (χ3v) is 1.60. The van der Waals surface area contributed by atoms with E-state index in [-0.39, 0.29) is 32.7 Å². The minimum absolute atomic E-state index is 0.0148. The Morgan fingerprint density at radius 2 is 1.53 bits per heavy atom. The van der Waals surface area contributed by atoms with Gasteiger partial charge in [0, 0.05) is 6.08 Å². The molecule has 0 N–H and O–H groups in total. The molecule has 0 amide bonds. The number of esters is 3. The first-order chi connectivity index (χ1) is 8.10. The van der Waals surface area contributed by atoms with Gasteiger partial charge in [-0.3, -0.25) is 9.59 Å². The van der Waals surface area contributed by atoms with Crippen LogP contribution in [0.3, 0.4) is 0 Å². The van der Waals surface area contributed by atoms with Gasteiger partial charge in [0.05, 0.1) is 19.4 Å². The summed E-state index contributed by atoms with van der Waals surface area (Å²) in [4.78, 5) is 32.6. The Hall–Kier alpha value is -1.85. The zero-order valence-electron chi connectivity index (χ0n) is 9.77. The van der Waals surface area contributed by atoms with Crippen molar-refractivity contribution in [3.63, 3.8) is 0 Å². The highest BCUT2D eigenvalue weighted by atomic mass is 16.6. The molecule has 0 spiro atoms. The molecule has 96 valence electrons. The van der Waals surface area contributed by atoms with E-state index in [4.69, 9.17) is 4.74 Å². The van der Waals surface area contributed by atoms with Crippen molar-refractivity contribution in [2.75, 3.05) is 19.8 Å². The van der Waals surface area contributed by atoms with Crippen molar-refractivity contribution >= 4 is 17.9 Å². The van der Waals surface area contributed by atoms with Gasteiger partial charge in [-0.15, -0.1) is 0 Å². The average molecular weight is 244 g/mol. The summed E-state index contributed by atoms with van der Waals surface area (Å²) in [6, 6.07) is 0. The van der Waals surface area contributed by atoms with Crippen LogP contribution in [-0.4, -0.2) is 37.7 Å². The SMILES string of the molecule is C=CC(=O)OCCOC(=O)CCC(=O)OCC. The minimum Gasteiger partial charge on any atom is -0.466 e. The van der Waals surface area contributed by atoms with Crippen molar-refractivity contribution in [1.82, 2.24) is 0 Å². The normalized spacial score (nSPS) is 9.24. The zero-order chi connectivity index (χ0) is 13.1. The van der Waals surface area contributed by atoms with Crippen LogP contribution < -0.4 is 0 Å². The van der Waals surface area contributed by atoms with Crippen LogP contribution in [0.5, 0.6) is 0 Å². The van der Waals surface area contributed by atoms with Gasteiger partial charge in [-0.1, -0.05) is 6.58 Å². The summed E-state index contributed by atoms with van der Waals surface area (Å²) < 4.78 is 13.9. The molecule has 0 radical (unpaired) electrons. The van der Waals surface area contributed by atoms with Crippen molar-refractivity contribution < 1.29 is 28.6 Å². The maximum Gasteiger partial charge on any atom is 0.330 e. The third kappa shape index (κ3) is 9.10. The standard InChI is InChI=1S/C11H16O6/c1-3-9(12)16-7-8-17-11(14)6-5-10(13)15-4-2/h3H,1,4-8H2,2H3. The topological polar surface area (TPSA) is 78.9 Å². The first-order valence-electron chi connectivity index (χ1n) is 5.20. The highest BCUT2D eigenvalue weighted by Gasteiger charge is 2.08. The second-order valence-corrected chi connectivity index (χ2v) is 2.90. The van der Waals surface area contributed by atoms with Gasteiger partial charge in [0.25, 0.3) is 0 Å². The summed E-state index contributed by atoms with van der Waals surface area (Å²) in [5, 5.41) is 0. The fraction of sp³-hybridized carbons (Fsp3) is 0.545. The number of hydrogen-bond donors (Lipinski definition) is 0. The fourth-order valence-electron chi connectivity index (χ4n) is 0.866. The Kier molecular flexibility index (Phi) is 8.36. The van der Waals surface area contributed by atoms with E-state index >= 15 is 0 Å². The summed E-state index contributed by atoms with van der Waals surface area (Å²) in [5.41, 5.74) is 0. The van der Waals surface area contributed by atoms with Crippen LogP contribution >= 0.6 is 0 Å². The van der Waals surface area contributed by atoms with E-state index in [2.05, 4.69) is 16.1 Å². The molecule has 0 unspecified atom stereocenters. The minimum atomic E-state index is -0.576. The van der Waals surface area contributed by atoms with Gasteiger partial charge < -0.3 is 14.2 Å². The molecule has 0 aromatic carbocycles. The van der Waals surface area contributed by atoms with Gasteiger partial charge in [0.15, 0.2) is 0 Å². The molecule has 17 heavy (non-hydrogen) atoms. The van der Waals surface area contributed by atoms with Crippen molar-refractivity contribution in [1.29, 1.82) is 0 Å². The van der Waals surface area contributed by atoms with E-state index in [9.17, 15) is 14.4 Å². The number of ether oxygens (including phenoxy) is 3. The van der Waals surface area contributed by atoms with E-state index in [1.807, 2.05) is 0 Å². The summed E-state index contributed by atoms with van der Waals surface area (Å²) in [7, 11) is 0. The van der Waals surface area contributed by atoms with Crippen LogP contribution in [-0.2, 0) is 28.6 Å². The molecule has 0 rings (SSSR count). The Labute approximate surface area is 99.5 Å². The van der Waals surface area contributed by atoms with Gasteiger partial charge in [-0.25, -0.2) is 4.79 Å². The predicted octanol–water partition coefficient (Wildman–Crippen LogP) is 0.602. The molecule has 0 fully saturated rings. The summed E-state index contributed by atoms with van der Waals surface area (Å²) >= 11 is 0. The number of carbonyl (C=O) groups is 3. The molecule has 0 aliphatic heterocycles. The molecule has 0 atom stereocenters. The smallest absolute Gasteiger partial charge is 0.330 e. The van der Waals surface area contributed by atoms with Crippen LogP contribution in [0.1, 0.15) is 19.8 Å². The number of hydrogen-bond acceptors (Lipinski definition) is 6. The van der Waals surface area contributed by atoms with Gasteiger partial charge in [0.1, 0.15) is 13.2 Å². The molecule has 0 saturated carbocycles. The first kappa shape index (κ1) is 15.2. The van der Waals surface area contributed by atoms with Crippen molar-refractivity contribution in [3.8, 4) is 0 Å². The van der Waals surface area contributed by atoms with Crippen LogP contribution in [0.25, 0.3) is 0 Å². The second-order valence-electron chi connectivity index (χ2n) is 2.90. The molecule has 0 heterocycles. The second kappa shape index (κ2) is 9.38. The number of rotatable bonds is 8. The summed E-state index contributed by atoms with van der Waals surface area (Å²) in [6.45, 7) is 5.10. The average Bonchev–Trinajstić information content (AvgIpc) is 2.32. The zero-order valence-corrected chi connectivity index (χ0v) is 9.77. The molecule has 6 heteroatoms. The maximum atomic E-state index is 11.1. The van der Waals surface area contributed by atoms with Gasteiger partial charge in [-0.2, -0.15) is 0 Å². The molecule has 0 aliphatic rings. The van der Waals surface area contributed by atoms with Crippen LogP contribution in [0.4, 0.5) is 0 Å². The largest absolute Gasteiger partial charge is 0.466 e. The lowest BCUT2D eigenvalue weighted by Gasteiger charge is -2.04. The molecular weight excluding hydrogens is 228 g/mol. The highest BCUT2D eigenvalue weighted by Crippen LogP contribution is 1.96. The molecule has 0 aromatic rings. The van der Waals surface area contributed by atoms with Crippen LogP contribution in [0.2, 0.25) is 0 Å². The van der Waals surface area contributed by atoms with Gasteiger partial charge >= 0.3 is 17.9 Å². The Morgan fingerprint density at radius 1 is 1.00 bits per heavy atom. The van der Waals surface area contributed by atoms with Crippen molar-refractivity contribution in [2.24, 2.45) is 0 Å². The third-order valence-electron chi connectivity index (χ3n) is 1.60. The maximum absolute atomic E-state index is 11.1. The van der Waals surface area contributed by atoms with Crippen LogP contribution in [0.15, 0.2) is 12.7 Å². The van der Waals surface area contributed by atoms with Crippen LogP contribution in [0, 0.1) is 0 Å². The van der Waals surface area contributed by atoms with Crippen molar-refractivity contribution in [2.45, 2.75) is 19.8 Å². The van der Waals surface area contributed by atoms with E-state index in [0.717, 1.165) is 6.08 Å². The lowest BCUT2D eigenvalue weighted by atomic mass is 10.3. The quantitative estimate of drug-likeness (QED) is 0.269. The predicted molar refractivity (Wildman–Crippen MR) is 58.0 cm³/mol. The summed E-state index contributed by atoms with van der Waals surface area (Å²) in [5.74, 6) is -1.55. The molecular formula is C11H16O6.